The quantitative estimate of drug-likeness (QED) is 0.880. The van der Waals surface area contributed by atoms with Gasteiger partial charge in [0.25, 0.3) is 0 Å². The van der Waals surface area contributed by atoms with Gasteiger partial charge in [-0.1, -0.05) is 19.1 Å². The Morgan fingerprint density at radius 3 is 2.59 bits per heavy atom. The zero-order valence-electron chi connectivity index (χ0n) is 10.0. The van der Waals surface area contributed by atoms with Gasteiger partial charge in [-0.05, 0) is 59.7 Å². The number of anilines is 1. The zero-order valence-corrected chi connectivity index (χ0v) is 11.6. The normalized spacial score (nSPS) is 28.4. The highest BCUT2D eigenvalue weighted by Crippen LogP contribution is 2.35. The lowest BCUT2D eigenvalue weighted by Crippen LogP contribution is -2.40. The highest BCUT2D eigenvalue weighted by Gasteiger charge is 2.34. The Labute approximate surface area is 111 Å². The second kappa shape index (κ2) is 5.10. The fourth-order valence-electron chi connectivity index (χ4n) is 2.34. The molecule has 0 aromatic heterocycles. The van der Waals surface area contributed by atoms with E-state index >= 15 is 0 Å². The molecule has 1 aromatic carbocycles. The van der Waals surface area contributed by atoms with E-state index in [0.29, 0.717) is 0 Å². The van der Waals surface area contributed by atoms with E-state index in [1.54, 1.807) is 0 Å². The van der Waals surface area contributed by atoms with Gasteiger partial charge >= 0.3 is 0 Å². The Hall–Kier alpha value is -1.01. The monoisotopic (exact) mass is 292 g/mol. The number of hydrogen-bond acceptors (Lipinski definition) is 2. The molecule has 90 valence electrons. The van der Waals surface area contributed by atoms with Crippen molar-refractivity contribution < 1.29 is 0 Å². The van der Waals surface area contributed by atoms with Gasteiger partial charge in [-0.25, -0.2) is 0 Å². The Kier molecular flexibility index (Phi) is 3.73. The minimum Gasteiger partial charge on any atom is -0.366 e. The van der Waals surface area contributed by atoms with Crippen molar-refractivity contribution in [1.82, 2.24) is 0 Å². The van der Waals surface area contributed by atoms with Crippen LogP contribution in [0.1, 0.15) is 32.6 Å². The maximum atomic E-state index is 9.45. The molecule has 0 spiro atoms. The lowest BCUT2D eigenvalue weighted by molar-refractivity contribution is 0.314. The van der Waals surface area contributed by atoms with E-state index in [1.165, 1.54) is 0 Å². The molecule has 0 radical (unpaired) electrons. The van der Waals surface area contributed by atoms with Crippen molar-refractivity contribution in [2.75, 3.05) is 5.32 Å². The SMILES string of the molecule is CC1CCC(C#N)(Nc2ccccc2Br)CC1. The molecule has 3 heteroatoms. The third-order valence-corrected chi connectivity index (χ3v) is 4.28. The van der Waals surface area contributed by atoms with Crippen LogP contribution in [0.3, 0.4) is 0 Å². The third-order valence-electron chi connectivity index (χ3n) is 3.59. The molecule has 1 N–H and O–H groups in total. The minimum absolute atomic E-state index is 0.379. The summed E-state index contributed by atoms with van der Waals surface area (Å²) in [5.74, 6) is 0.748. The van der Waals surface area contributed by atoms with E-state index in [4.69, 9.17) is 0 Å². The molecule has 17 heavy (non-hydrogen) atoms. The van der Waals surface area contributed by atoms with E-state index in [-0.39, 0.29) is 5.54 Å². The van der Waals surface area contributed by atoms with Gasteiger partial charge in [0, 0.05) is 10.2 Å². The molecule has 0 atom stereocenters. The van der Waals surface area contributed by atoms with E-state index in [0.717, 1.165) is 41.8 Å². The molecule has 2 rings (SSSR count). The van der Waals surface area contributed by atoms with Crippen LogP contribution >= 0.6 is 15.9 Å². The number of hydrogen-bond donors (Lipinski definition) is 1. The van der Waals surface area contributed by atoms with Gasteiger partial charge in [-0.15, -0.1) is 0 Å². The number of nitrogens with zero attached hydrogens (tertiary/aromatic N) is 1. The first-order chi connectivity index (χ1) is 8.15. The van der Waals surface area contributed by atoms with Crippen molar-refractivity contribution in [3.05, 3.63) is 28.7 Å². The van der Waals surface area contributed by atoms with Gasteiger partial charge in [0.2, 0.25) is 0 Å². The lowest BCUT2D eigenvalue weighted by Gasteiger charge is -2.35. The van der Waals surface area contributed by atoms with E-state index < -0.39 is 0 Å². The number of nitriles is 1. The fourth-order valence-corrected chi connectivity index (χ4v) is 2.72. The average Bonchev–Trinajstić information content (AvgIpc) is 2.35. The van der Waals surface area contributed by atoms with Crippen molar-refractivity contribution in [3.8, 4) is 6.07 Å². The molecule has 1 aliphatic carbocycles. The van der Waals surface area contributed by atoms with Gasteiger partial charge in [-0.3, -0.25) is 0 Å². The second-order valence-corrected chi connectivity index (χ2v) is 5.84. The number of nitrogens with one attached hydrogen (secondary N) is 1. The van der Waals surface area contributed by atoms with Crippen LogP contribution in [0, 0.1) is 17.2 Å². The summed E-state index contributed by atoms with van der Waals surface area (Å²) in [7, 11) is 0. The first-order valence-corrected chi connectivity index (χ1v) is 6.88. The molecule has 1 saturated carbocycles. The minimum atomic E-state index is -0.379. The third kappa shape index (κ3) is 2.81. The van der Waals surface area contributed by atoms with Crippen LogP contribution in [0.4, 0.5) is 5.69 Å². The maximum Gasteiger partial charge on any atom is 0.125 e. The molecule has 1 aromatic rings. The Balaban J connectivity index is 2.16. The van der Waals surface area contributed by atoms with Crippen LogP contribution in [-0.4, -0.2) is 5.54 Å². The average molecular weight is 293 g/mol. The highest BCUT2D eigenvalue weighted by molar-refractivity contribution is 9.10. The van der Waals surface area contributed by atoms with Crippen LogP contribution in [0.2, 0.25) is 0 Å². The lowest BCUT2D eigenvalue weighted by atomic mass is 9.78. The summed E-state index contributed by atoms with van der Waals surface area (Å²) in [4.78, 5) is 0. The molecule has 0 bridgehead atoms. The zero-order chi connectivity index (χ0) is 12.3. The summed E-state index contributed by atoms with van der Waals surface area (Å²) < 4.78 is 1.02. The van der Waals surface area contributed by atoms with Crippen LogP contribution < -0.4 is 5.32 Å². The first kappa shape index (κ1) is 12.4. The summed E-state index contributed by atoms with van der Waals surface area (Å²) >= 11 is 3.52. The van der Waals surface area contributed by atoms with Crippen molar-refractivity contribution in [2.24, 2.45) is 5.92 Å². The Morgan fingerprint density at radius 1 is 1.35 bits per heavy atom. The molecule has 0 saturated heterocycles. The molecule has 0 amide bonds. The highest BCUT2D eigenvalue weighted by atomic mass is 79.9. The summed E-state index contributed by atoms with van der Waals surface area (Å²) in [6.45, 7) is 2.26. The second-order valence-electron chi connectivity index (χ2n) is 4.98. The molecule has 0 unspecified atom stereocenters. The van der Waals surface area contributed by atoms with Gasteiger partial charge in [0.1, 0.15) is 5.54 Å². The maximum absolute atomic E-state index is 9.45. The van der Waals surface area contributed by atoms with Crippen molar-refractivity contribution >= 4 is 21.6 Å². The fraction of sp³-hybridized carbons (Fsp3) is 0.500. The standard InChI is InChI=1S/C14H17BrN2/c1-11-6-8-14(10-16,9-7-11)17-13-5-3-2-4-12(13)15/h2-5,11,17H,6-9H2,1H3. The van der Waals surface area contributed by atoms with Crippen LogP contribution in [0.15, 0.2) is 28.7 Å². The van der Waals surface area contributed by atoms with Crippen LogP contribution in [-0.2, 0) is 0 Å². The first-order valence-electron chi connectivity index (χ1n) is 6.09. The molecule has 2 nitrogen and oxygen atoms in total. The Morgan fingerprint density at radius 2 is 2.00 bits per heavy atom. The van der Waals surface area contributed by atoms with Gasteiger partial charge in [0.05, 0.1) is 6.07 Å². The van der Waals surface area contributed by atoms with Crippen molar-refractivity contribution in [2.45, 2.75) is 38.1 Å². The number of para-hydroxylation sites is 1. The summed E-state index contributed by atoms with van der Waals surface area (Å²) in [6.07, 6.45) is 4.13. The predicted molar refractivity (Wildman–Crippen MR) is 73.7 cm³/mol. The predicted octanol–water partition coefficient (Wildman–Crippen LogP) is 4.33. The van der Waals surface area contributed by atoms with Crippen LogP contribution in [0.5, 0.6) is 0 Å². The summed E-state index contributed by atoms with van der Waals surface area (Å²) in [5.41, 5.74) is 0.639. The number of benzene rings is 1. The molecule has 0 heterocycles. The number of rotatable bonds is 2. The Bertz CT molecular complexity index is 428. The smallest absolute Gasteiger partial charge is 0.125 e. The molecular formula is C14H17BrN2. The molecular weight excluding hydrogens is 276 g/mol. The van der Waals surface area contributed by atoms with Gasteiger partial charge in [0.15, 0.2) is 0 Å². The number of halogens is 1. The molecule has 0 aliphatic heterocycles. The van der Waals surface area contributed by atoms with Crippen LogP contribution in [0.25, 0.3) is 0 Å². The van der Waals surface area contributed by atoms with E-state index in [1.807, 2.05) is 24.3 Å². The van der Waals surface area contributed by atoms with Crippen molar-refractivity contribution in [3.63, 3.8) is 0 Å². The van der Waals surface area contributed by atoms with Gasteiger partial charge < -0.3 is 5.32 Å². The summed E-state index contributed by atoms with van der Waals surface area (Å²) in [6, 6.07) is 10.5. The van der Waals surface area contributed by atoms with E-state index in [9.17, 15) is 5.26 Å². The van der Waals surface area contributed by atoms with Crippen molar-refractivity contribution in [1.29, 1.82) is 5.26 Å². The largest absolute Gasteiger partial charge is 0.366 e. The van der Waals surface area contributed by atoms with Gasteiger partial charge in [-0.2, -0.15) is 5.26 Å². The molecule has 1 fully saturated rings. The summed E-state index contributed by atoms with van der Waals surface area (Å²) in [5, 5.41) is 12.9. The molecule has 1 aliphatic rings. The van der Waals surface area contributed by atoms with E-state index in [2.05, 4.69) is 34.2 Å². The topological polar surface area (TPSA) is 35.8 Å².